The smallest absolute Gasteiger partial charge is 0.302 e. The van der Waals surface area contributed by atoms with Crippen molar-refractivity contribution in [1.29, 1.82) is 0 Å². The van der Waals surface area contributed by atoms with Crippen LogP contribution in [0.4, 0.5) is 4.39 Å². The normalized spacial score (nSPS) is 40.8. The second-order valence-corrected chi connectivity index (χ2v) is 13.7. The molecule has 0 spiro atoms. The lowest BCUT2D eigenvalue weighted by Gasteiger charge is -2.60. The topological polar surface area (TPSA) is 52.6 Å². The van der Waals surface area contributed by atoms with Crippen molar-refractivity contribution in [2.75, 3.05) is 0 Å². The minimum Gasteiger partial charge on any atom is -0.462 e. The average molecular weight is 505 g/mol. The van der Waals surface area contributed by atoms with Crippen molar-refractivity contribution in [3.05, 3.63) is 11.6 Å². The first-order valence-corrected chi connectivity index (χ1v) is 14.5. The Balaban J connectivity index is 1.54. The molecule has 4 aliphatic rings. The highest BCUT2D eigenvalue weighted by atomic mass is 19.1. The number of hydrogen-bond acceptors (Lipinski definition) is 4. The van der Waals surface area contributed by atoms with E-state index in [-0.39, 0.29) is 29.6 Å². The molecule has 0 aromatic rings. The quantitative estimate of drug-likeness (QED) is 0.265. The predicted molar refractivity (Wildman–Crippen MR) is 140 cm³/mol. The van der Waals surface area contributed by atoms with E-state index in [1.165, 1.54) is 38.7 Å². The molecule has 0 unspecified atom stereocenters. The van der Waals surface area contributed by atoms with Crippen LogP contribution in [0.3, 0.4) is 0 Å². The minimum atomic E-state index is -1.07. The van der Waals surface area contributed by atoms with Crippen LogP contribution in [-0.2, 0) is 19.1 Å². The monoisotopic (exact) mass is 504 g/mol. The van der Waals surface area contributed by atoms with Crippen molar-refractivity contribution in [2.24, 2.45) is 40.4 Å². The Bertz CT molecular complexity index is 874. The van der Waals surface area contributed by atoms with E-state index in [4.69, 9.17) is 9.47 Å². The molecule has 4 rings (SSSR count). The van der Waals surface area contributed by atoms with Crippen LogP contribution in [0.5, 0.6) is 0 Å². The van der Waals surface area contributed by atoms with Gasteiger partial charge < -0.3 is 9.47 Å². The summed E-state index contributed by atoms with van der Waals surface area (Å²) in [6.07, 6.45) is 12.0. The third-order valence-electron chi connectivity index (χ3n) is 11.0. The third-order valence-corrected chi connectivity index (χ3v) is 11.0. The maximum atomic E-state index is 14.1. The molecule has 5 heteroatoms. The second kappa shape index (κ2) is 10.1. The van der Waals surface area contributed by atoms with Crippen molar-refractivity contribution in [2.45, 2.75) is 131 Å². The third kappa shape index (κ3) is 5.14. The SMILES string of the molecule is CC(=O)O[C@@H]1CC2=CC[C@H]3[C@@H]4CC[C@H]([C@H](C)CCCC(C)(C)F)[C@@]4(C)CC[C@@H]3[C@@]2(C)[C@@H](OC(C)=O)C1. The number of ether oxygens (including phenoxy) is 2. The van der Waals surface area contributed by atoms with Crippen LogP contribution in [0.25, 0.3) is 0 Å². The molecule has 0 amide bonds. The summed E-state index contributed by atoms with van der Waals surface area (Å²) < 4.78 is 25.7. The number of esters is 2. The van der Waals surface area contributed by atoms with Crippen LogP contribution < -0.4 is 0 Å². The number of rotatable bonds is 7. The van der Waals surface area contributed by atoms with Gasteiger partial charge in [-0.15, -0.1) is 0 Å². The molecule has 3 saturated carbocycles. The molecule has 0 aromatic carbocycles. The molecule has 0 aromatic heterocycles. The Morgan fingerprint density at radius 1 is 1.11 bits per heavy atom. The molecule has 204 valence electrons. The summed E-state index contributed by atoms with van der Waals surface area (Å²) in [7, 11) is 0. The number of allylic oxidation sites excluding steroid dienone is 1. The van der Waals surface area contributed by atoms with Gasteiger partial charge in [0.05, 0.1) is 0 Å². The van der Waals surface area contributed by atoms with Crippen molar-refractivity contribution >= 4 is 11.9 Å². The zero-order valence-corrected chi connectivity index (χ0v) is 23.7. The molecule has 3 fully saturated rings. The van der Waals surface area contributed by atoms with Gasteiger partial charge in [-0.1, -0.05) is 45.3 Å². The zero-order valence-electron chi connectivity index (χ0n) is 23.7. The van der Waals surface area contributed by atoms with E-state index >= 15 is 0 Å². The van der Waals surface area contributed by atoms with Gasteiger partial charge in [0.2, 0.25) is 0 Å². The molecule has 0 saturated heterocycles. The van der Waals surface area contributed by atoms with Crippen LogP contribution in [0, 0.1) is 40.4 Å². The number of alkyl halides is 1. The van der Waals surface area contributed by atoms with Crippen LogP contribution in [0.1, 0.15) is 113 Å². The van der Waals surface area contributed by atoms with E-state index in [9.17, 15) is 14.0 Å². The molecule has 36 heavy (non-hydrogen) atoms. The Morgan fingerprint density at radius 3 is 2.44 bits per heavy atom. The van der Waals surface area contributed by atoms with Gasteiger partial charge in [0.25, 0.3) is 0 Å². The Hall–Kier alpha value is -1.39. The van der Waals surface area contributed by atoms with Gasteiger partial charge in [-0.3, -0.25) is 9.59 Å². The van der Waals surface area contributed by atoms with Gasteiger partial charge in [-0.05, 0) is 87.4 Å². The minimum absolute atomic E-state index is 0.191. The number of hydrogen-bond donors (Lipinski definition) is 0. The van der Waals surface area contributed by atoms with E-state index in [0.717, 1.165) is 32.1 Å². The molecule has 0 heterocycles. The Labute approximate surface area is 218 Å². The van der Waals surface area contributed by atoms with Gasteiger partial charge in [0.15, 0.2) is 0 Å². The van der Waals surface area contributed by atoms with Crippen molar-refractivity contribution < 1.29 is 23.5 Å². The molecule has 4 nitrogen and oxygen atoms in total. The highest BCUT2D eigenvalue weighted by molar-refractivity contribution is 5.67. The van der Waals surface area contributed by atoms with Crippen LogP contribution in [-0.4, -0.2) is 29.8 Å². The Morgan fingerprint density at radius 2 is 1.81 bits per heavy atom. The fourth-order valence-corrected chi connectivity index (χ4v) is 9.37. The largest absolute Gasteiger partial charge is 0.462 e. The summed E-state index contributed by atoms with van der Waals surface area (Å²) >= 11 is 0. The molecule has 0 aliphatic heterocycles. The van der Waals surface area contributed by atoms with Gasteiger partial charge in [-0.2, -0.15) is 0 Å². The zero-order chi connectivity index (χ0) is 26.5. The Kier molecular flexibility index (Phi) is 7.72. The first kappa shape index (κ1) is 27.6. The van der Waals surface area contributed by atoms with Crippen molar-refractivity contribution in [3.8, 4) is 0 Å². The molecule has 0 radical (unpaired) electrons. The van der Waals surface area contributed by atoms with E-state index in [0.29, 0.717) is 47.8 Å². The molecule has 0 N–H and O–H groups in total. The van der Waals surface area contributed by atoms with Gasteiger partial charge >= 0.3 is 11.9 Å². The van der Waals surface area contributed by atoms with Crippen molar-refractivity contribution in [3.63, 3.8) is 0 Å². The van der Waals surface area contributed by atoms with Crippen LogP contribution in [0.15, 0.2) is 11.6 Å². The first-order valence-electron chi connectivity index (χ1n) is 14.5. The lowest BCUT2D eigenvalue weighted by molar-refractivity contribution is -0.172. The van der Waals surface area contributed by atoms with E-state index in [1.807, 2.05) is 0 Å². The van der Waals surface area contributed by atoms with Crippen molar-refractivity contribution in [1.82, 2.24) is 0 Å². The summed E-state index contributed by atoms with van der Waals surface area (Å²) in [6.45, 7) is 13.6. The highest BCUT2D eigenvalue weighted by Crippen LogP contribution is 2.67. The average Bonchev–Trinajstić information content (AvgIpc) is 3.10. The lowest BCUT2D eigenvalue weighted by atomic mass is 9.46. The summed E-state index contributed by atoms with van der Waals surface area (Å²) in [5.41, 5.74) is 0.393. The molecule has 0 bridgehead atoms. The summed E-state index contributed by atoms with van der Waals surface area (Å²) in [5.74, 6) is 2.57. The molecule has 4 aliphatic carbocycles. The molecular weight excluding hydrogens is 455 g/mol. The second-order valence-electron chi connectivity index (χ2n) is 13.7. The fraction of sp³-hybridized carbons (Fsp3) is 0.871. The summed E-state index contributed by atoms with van der Waals surface area (Å²) in [4.78, 5) is 23.8. The first-order chi connectivity index (χ1) is 16.8. The fourth-order valence-electron chi connectivity index (χ4n) is 9.37. The van der Waals surface area contributed by atoms with Crippen LogP contribution in [0.2, 0.25) is 0 Å². The summed E-state index contributed by atoms with van der Waals surface area (Å²) in [6, 6.07) is 0. The van der Waals surface area contributed by atoms with E-state index in [2.05, 4.69) is 26.8 Å². The van der Waals surface area contributed by atoms with E-state index < -0.39 is 5.67 Å². The van der Waals surface area contributed by atoms with Crippen LogP contribution >= 0.6 is 0 Å². The van der Waals surface area contributed by atoms with Gasteiger partial charge in [0, 0.05) is 32.1 Å². The number of fused-ring (bicyclic) bond motifs is 5. The highest BCUT2D eigenvalue weighted by Gasteiger charge is 2.62. The van der Waals surface area contributed by atoms with Gasteiger partial charge in [-0.25, -0.2) is 4.39 Å². The summed E-state index contributed by atoms with van der Waals surface area (Å²) in [5, 5.41) is 0. The lowest BCUT2D eigenvalue weighted by Crippen LogP contribution is -2.57. The van der Waals surface area contributed by atoms with Gasteiger partial charge in [0.1, 0.15) is 17.9 Å². The number of halogens is 1. The maximum Gasteiger partial charge on any atom is 0.302 e. The molecule has 9 atom stereocenters. The maximum absolute atomic E-state index is 14.1. The number of carbonyl (C=O) groups excluding carboxylic acids is 2. The standard InChI is InChI=1S/C31H49FO4/c1-19(9-8-15-29(4,5)32)25-12-13-26-24-11-10-22-17-23(35-20(2)33)18-28(36-21(3)34)31(22,7)27(24)14-16-30(25,26)6/h10,19,23-28H,8-9,11-18H2,1-7H3/t19-,23-,24+,25-,26+,27+,28+,30-,31+/m1/s1. The van der Waals surface area contributed by atoms with E-state index in [1.54, 1.807) is 13.8 Å². The number of carbonyl (C=O) groups is 2. The molecular formula is C31H49FO4. The predicted octanol–water partition coefficient (Wildman–Crippen LogP) is 7.59.